The topological polar surface area (TPSA) is 72.7 Å². The second-order valence-electron chi connectivity index (χ2n) is 7.75. The Balaban J connectivity index is 1.73. The predicted molar refractivity (Wildman–Crippen MR) is 113 cm³/mol. The first-order valence-electron chi connectivity index (χ1n) is 9.14. The largest absolute Gasteiger partial charge is 0.325 e. The van der Waals surface area contributed by atoms with E-state index in [-0.39, 0.29) is 17.1 Å². The van der Waals surface area contributed by atoms with E-state index in [1.54, 1.807) is 4.68 Å². The van der Waals surface area contributed by atoms with Crippen molar-refractivity contribution in [3.63, 3.8) is 0 Å². The average Bonchev–Trinajstić information content (AvgIpc) is 3.07. The number of amides is 1. The monoisotopic (exact) mass is 395 g/mol. The number of aromatic nitrogens is 4. The molecular formula is C21H25N5OS. The molecule has 0 aliphatic rings. The third kappa shape index (κ3) is 4.42. The maximum atomic E-state index is 12.6. The molecule has 1 N–H and O–H groups in total. The molecule has 3 rings (SSSR count). The lowest BCUT2D eigenvalue weighted by atomic mass is 9.86. The minimum Gasteiger partial charge on any atom is -0.325 e. The van der Waals surface area contributed by atoms with Gasteiger partial charge in [-0.2, -0.15) is 4.68 Å². The highest BCUT2D eigenvalue weighted by atomic mass is 32.2. The average molecular weight is 396 g/mol. The number of nitrogens with zero attached hydrogens (tertiary/aromatic N) is 4. The van der Waals surface area contributed by atoms with Gasteiger partial charge in [0.25, 0.3) is 0 Å². The molecule has 1 amide bonds. The molecule has 146 valence electrons. The molecule has 0 bridgehead atoms. The van der Waals surface area contributed by atoms with Gasteiger partial charge in [-0.15, -0.1) is 5.10 Å². The normalized spacial score (nSPS) is 11.5. The minimum absolute atomic E-state index is 0.0521. The Morgan fingerprint density at radius 2 is 1.75 bits per heavy atom. The van der Waals surface area contributed by atoms with Crippen molar-refractivity contribution in [2.75, 3.05) is 11.1 Å². The van der Waals surface area contributed by atoms with E-state index in [1.165, 1.54) is 11.8 Å². The van der Waals surface area contributed by atoms with Gasteiger partial charge in [-0.25, -0.2) is 0 Å². The Bertz CT molecular complexity index is 970. The molecule has 6 nitrogen and oxygen atoms in total. The summed E-state index contributed by atoms with van der Waals surface area (Å²) in [5.74, 6) is 0.141. The van der Waals surface area contributed by atoms with Gasteiger partial charge >= 0.3 is 0 Å². The Hall–Kier alpha value is -2.67. The van der Waals surface area contributed by atoms with E-state index >= 15 is 0 Å². The summed E-state index contributed by atoms with van der Waals surface area (Å²) in [6.07, 6.45) is 0. The second kappa shape index (κ2) is 8.14. The number of thioether (sulfide) groups is 1. The zero-order chi connectivity index (χ0) is 20.3. The summed E-state index contributed by atoms with van der Waals surface area (Å²) in [6, 6.07) is 14.0. The zero-order valence-electron chi connectivity index (χ0n) is 16.9. The summed E-state index contributed by atoms with van der Waals surface area (Å²) >= 11 is 1.32. The molecular weight excluding hydrogens is 370 g/mol. The first kappa shape index (κ1) is 20.1. The third-order valence-corrected chi connectivity index (χ3v) is 5.35. The maximum absolute atomic E-state index is 12.6. The third-order valence-electron chi connectivity index (χ3n) is 4.43. The Morgan fingerprint density at radius 3 is 2.43 bits per heavy atom. The number of carbonyl (C=O) groups excluding carboxylic acids is 1. The smallest absolute Gasteiger partial charge is 0.234 e. The van der Waals surface area contributed by atoms with E-state index in [2.05, 4.69) is 41.6 Å². The lowest BCUT2D eigenvalue weighted by Crippen LogP contribution is -2.20. The lowest BCUT2D eigenvalue weighted by molar-refractivity contribution is -0.113. The van der Waals surface area contributed by atoms with Crippen LogP contribution in [-0.2, 0) is 10.2 Å². The van der Waals surface area contributed by atoms with Crippen LogP contribution in [0, 0.1) is 13.8 Å². The number of rotatable bonds is 5. The fourth-order valence-corrected chi connectivity index (χ4v) is 3.79. The number of carbonyl (C=O) groups is 1. The van der Waals surface area contributed by atoms with Gasteiger partial charge in [-0.1, -0.05) is 68.9 Å². The molecule has 0 atom stereocenters. The van der Waals surface area contributed by atoms with E-state index in [0.717, 1.165) is 28.1 Å². The van der Waals surface area contributed by atoms with E-state index in [4.69, 9.17) is 0 Å². The van der Waals surface area contributed by atoms with Crippen molar-refractivity contribution in [1.29, 1.82) is 0 Å². The molecule has 7 heteroatoms. The number of nitrogens with one attached hydrogen (secondary N) is 1. The summed E-state index contributed by atoms with van der Waals surface area (Å²) in [5.41, 5.74) is 5.01. The molecule has 0 aliphatic heterocycles. The van der Waals surface area contributed by atoms with Crippen LogP contribution in [0.5, 0.6) is 0 Å². The highest BCUT2D eigenvalue weighted by molar-refractivity contribution is 7.99. The number of benzene rings is 2. The molecule has 28 heavy (non-hydrogen) atoms. The summed E-state index contributed by atoms with van der Waals surface area (Å²) in [4.78, 5) is 12.6. The van der Waals surface area contributed by atoms with Crippen molar-refractivity contribution in [3.05, 3.63) is 59.2 Å². The van der Waals surface area contributed by atoms with Crippen LogP contribution in [-0.4, -0.2) is 31.9 Å². The predicted octanol–water partition coefficient (Wildman–Crippen LogP) is 4.31. The van der Waals surface area contributed by atoms with E-state index in [1.807, 2.05) is 56.3 Å². The van der Waals surface area contributed by atoms with Gasteiger partial charge in [-0.05, 0) is 52.4 Å². The van der Waals surface area contributed by atoms with Crippen molar-refractivity contribution in [2.24, 2.45) is 0 Å². The standard InChI is InChI=1S/C21H25N5OS/c1-14-9-8-10-15(2)19(14)26-20(23-24-25-26)28-13-18(27)22-17-12-7-6-11-16(17)21(3,4)5/h6-12H,13H2,1-5H3,(H,22,27). The fourth-order valence-electron chi connectivity index (χ4n) is 3.11. The quantitative estimate of drug-likeness (QED) is 0.652. The number of hydrogen-bond donors (Lipinski definition) is 1. The van der Waals surface area contributed by atoms with Crippen LogP contribution in [0.1, 0.15) is 37.5 Å². The Kier molecular flexibility index (Phi) is 5.84. The molecule has 0 saturated carbocycles. The van der Waals surface area contributed by atoms with Crippen molar-refractivity contribution >= 4 is 23.4 Å². The molecule has 2 aromatic carbocycles. The number of aryl methyl sites for hydroxylation is 2. The molecule has 1 aromatic heterocycles. The van der Waals surface area contributed by atoms with Crippen LogP contribution in [0.25, 0.3) is 5.69 Å². The summed E-state index contributed by atoms with van der Waals surface area (Å²) in [7, 11) is 0. The highest BCUT2D eigenvalue weighted by Crippen LogP contribution is 2.29. The van der Waals surface area contributed by atoms with Gasteiger partial charge in [0.2, 0.25) is 11.1 Å². The van der Waals surface area contributed by atoms with Crippen LogP contribution in [0.4, 0.5) is 5.69 Å². The van der Waals surface area contributed by atoms with Crippen molar-refractivity contribution in [2.45, 2.75) is 45.2 Å². The zero-order valence-corrected chi connectivity index (χ0v) is 17.7. The first-order valence-corrected chi connectivity index (χ1v) is 10.1. The molecule has 3 aromatic rings. The molecule has 1 heterocycles. The van der Waals surface area contributed by atoms with E-state index in [0.29, 0.717) is 5.16 Å². The fraction of sp³-hybridized carbons (Fsp3) is 0.333. The highest BCUT2D eigenvalue weighted by Gasteiger charge is 2.19. The molecule has 0 radical (unpaired) electrons. The number of hydrogen-bond acceptors (Lipinski definition) is 5. The van der Waals surface area contributed by atoms with Crippen molar-refractivity contribution in [1.82, 2.24) is 20.2 Å². The Morgan fingerprint density at radius 1 is 1.07 bits per heavy atom. The molecule has 0 spiro atoms. The molecule has 0 aliphatic carbocycles. The van der Waals surface area contributed by atoms with Gasteiger partial charge in [0.15, 0.2) is 0 Å². The number of para-hydroxylation sites is 2. The molecule has 0 unspecified atom stereocenters. The van der Waals surface area contributed by atoms with E-state index in [9.17, 15) is 4.79 Å². The lowest BCUT2D eigenvalue weighted by Gasteiger charge is -2.22. The SMILES string of the molecule is Cc1cccc(C)c1-n1nnnc1SCC(=O)Nc1ccccc1C(C)(C)C. The van der Waals surface area contributed by atoms with Crippen LogP contribution < -0.4 is 5.32 Å². The van der Waals surface area contributed by atoms with Gasteiger partial charge in [0.05, 0.1) is 11.4 Å². The van der Waals surface area contributed by atoms with Crippen LogP contribution in [0.3, 0.4) is 0 Å². The molecule has 0 saturated heterocycles. The van der Waals surface area contributed by atoms with Gasteiger partial charge in [-0.3, -0.25) is 4.79 Å². The van der Waals surface area contributed by atoms with Gasteiger partial charge < -0.3 is 5.32 Å². The first-order chi connectivity index (χ1) is 13.3. The molecule has 0 fully saturated rings. The van der Waals surface area contributed by atoms with Crippen molar-refractivity contribution in [3.8, 4) is 5.69 Å². The number of anilines is 1. The summed E-state index contributed by atoms with van der Waals surface area (Å²) < 4.78 is 1.70. The second-order valence-corrected chi connectivity index (χ2v) is 8.69. The minimum atomic E-state index is -0.0854. The Labute approximate surface area is 169 Å². The summed E-state index contributed by atoms with van der Waals surface area (Å²) in [6.45, 7) is 10.4. The maximum Gasteiger partial charge on any atom is 0.234 e. The van der Waals surface area contributed by atoms with Gasteiger partial charge in [0, 0.05) is 5.69 Å². The van der Waals surface area contributed by atoms with Crippen LogP contribution in [0.2, 0.25) is 0 Å². The van der Waals surface area contributed by atoms with Crippen LogP contribution >= 0.6 is 11.8 Å². The van der Waals surface area contributed by atoms with Gasteiger partial charge in [0.1, 0.15) is 0 Å². The number of tetrazole rings is 1. The van der Waals surface area contributed by atoms with Crippen LogP contribution in [0.15, 0.2) is 47.6 Å². The van der Waals surface area contributed by atoms with E-state index < -0.39 is 0 Å². The summed E-state index contributed by atoms with van der Waals surface area (Å²) in [5, 5.41) is 15.6. The van der Waals surface area contributed by atoms with Crippen molar-refractivity contribution < 1.29 is 4.79 Å².